The molecule has 0 aliphatic carbocycles. The van der Waals surface area contributed by atoms with Gasteiger partial charge in [-0.15, -0.1) is 0 Å². The molecular formula is C13H20N2O3. The Morgan fingerprint density at radius 2 is 2.17 bits per heavy atom. The van der Waals surface area contributed by atoms with Gasteiger partial charge < -0.3 is 15.4 Å². The minimum Gasteiger partial charge on any atom is -0.388 e. The Morgan fingerprint density at radius 3 is 2.67 bits per heavy atom. The van der Waals surface area contributed by atoms with Crippen LogP contribution in [0.3, 0.4) is 0 Å². The number of rotatable bonds is 4. The lowest BCUT2D eigenvalue weighted by Crippen LogP contribution is -2.45. The second-order valence-electron chi connectivity index (χ2n) is 5.09. The standard InChI is InChI=1S/C13H20N2O3/c1-8(2)13(4,18)7-15-12(17)10-6-14-9(3)5-11(10)16/h5-6,8,18H,7H2,1-4H3,(H,14,16)(H,15,17). The Kier molecular flexibility index (Phi) is 4.29. The second-order valence-corrected chi connectivity index (χ2v) is 5.09. The van der Waals surface area contributed by atoms with Gasteiger partial charge in [0.05, 0.1) is 5.60 Å². The van der Waals surface area contributed by atoms with Crippen LogP contribution in [-0.4, -0.2) is 28.1 Å². The zero-order valence-corrected chi connectivity index (χ0v) is 11.2. The normalized spacial score (nSPS) is 14.3. The number of amides is 1. The number of aromatic amines is 1. The van der Waals surface area contributed by atoms with Gasteiger partial charge in [-0.1, -0.05) is 13.8 Å². The zero-order valence-electron chi connectivity index (χ0n) is 11.2. The minimum absolute atomic E-state index is 0.00843. The van der Waals surface area contributed by atoms with Crippen molar-refractivity contribution in [2.45, 2.75) is 33.3 Å². The second kappa shape index (κ2) is 5.35. The van der Waals surface area contributed by atoms with Gasteiger partial charge in [-0.2, -0.15) is 0 Å². The molecular weight excluding hydrogens is 232 g/mol. The maximum absolute atomic E-state index is 11.8. The number of carbonyl (C=O) groups excluding carboxylic acids is 1. The minimum atomic E-state index is -0.993. The summed E-state index contributed by atoms with van der Waals surface area (Å²) in [7, 11) is 0. The zero-order chi connectivity index (χ0) is 13.9. The van der Waals surface area contributed by atoms with Crippen LogP contribution in [0.2, 0.25) is 0 Å². The first-order valence-electron chi connectivity index (χ1n) is 5.94. The molecule has 100 valence electrons. The van der Waals surface area contributed by atoms with Crippen LogP contribution in [0.4, 0.5) is 0 Å². The third kappa shape index (κ3) is 3.43. The van der Waals surface area contributed by atoms with E-state index in [1.54, 1.807) is 13.8 Å². The molecule has 0 aromatic carbocycles. The van der Waals surface area contributed by atoms with Gasteiger partial charge in [0.2, 0.25) is 0 Å². The van der Waals surface area contributed by atoms with E-state index in [0.29, 0.717) is 5.69 Å². The van der Waals surface area contributed by atoms with Crippen molar-refractivity contribution in [2.24, 2.45) is 5.92 Å². The van der Waals surface area contributed by atoms with Crippen LogP contribution in [0.5, 0.6) is 0 Å². The van der Waals surface area contributed by atoms with Crippen molar-refractivity contribution < 1.29 is 9.90 Å². The van der Waals surface area contributed by atoms with Gasteiger partial charge in [-0.25, -0.2) is 0 Å². The van der Waals surface area contributed by atoms with E-state index in [4.69, 9.17) is 0 Å². The van der Waals surface area contributed by atoms with E-state index >= 15 is 0 Å². The topological polar surface area (TPSA) is 82.2 Å². The van der Waals surface area contributed by atoms with Gasteiger partial charge in [0.25, 0.3) is 5.91 Å². The van der Waals surface area contributed by atoms with Crippen LogP contribution >= 0.6 is 0 Å². The smallest absolute Gasteiger partial charge is 0.256 e. The summed E-state index contributed by atoms with van der Waals surface area (Å²) in [5.41, 5.74) is -0.563. The number of H-pyrrole nitrogens is 1. The fourth-order valence-corrected chi connectivity index (χ4v) is 1.31. The number of pyridine rings is 1. The molecule has 0 aliphatic heterocycles. The molecule has 1 rings (SSSR count). The molecule has 0 radical (unpaired) electrons. The van der Waals surface area contributed by atoms with Gasteiger partial charge in [0, 0.05) is 24.5 Å². The number of hydrogen-bond acceptors (Lipinski definition) is 3. The van der Waals surface area contributed by atoms with Gasteiger partial charge in [0.15, 0.2) is 5.43 Å². The highest BCUT2D eigenvalue weighted by Gasteiger charge is 2.25. The van der Waals surface area contributed by atoms with Crippen LogP contribution in [-0.2, 0) is 0 Å². The summed E-state index contributed by atoms with van der Waals surface area (Å²) in [6, 6.07) is 1.37. The summed E-state index contributed by atoms with van der Waals surface area (Å²) in [6.07, 6.45) is 1.39. The molecule has 3 N–H and O–H groups in total. The van der Waals surface area contributed by atoms with Crippen molar-refractivity contribution in [3.63, 3.8) is 0 Å². The summed E-state index contributed by atoms with van der Waals surface area (Å²) >= 11 is 0. The maximum Gasteiger partial charge on any atom is 0.256 e. The average molecular weight is 252 g/mol. The summed E-state index contributed by atoms with van der Waals surface area (Å²) < 4.78 is 0. The van der Waals surface area contributed by atoms with Crippen molar-refractivity contribution >= 4 is 5.91 Å². The highest BCUT2D eigenvalue weighted by atomic mass is 16.3. The Morgan fingerprint density at radius 1 is 1.56 bits per heavy atom. The fraction of sp³-hybridized carbons (Fsp3) is 0.538. The van der Waals surface area contributed by atoms with Crippen molar-refractivity contribution in [2.75, 3.05) is 6.54 Å². The van der Waals surface area contributed by atoms with Gasteiger partial charge in [-0.3, -0.25) is 9.59 Å². The number of aryl methyl sites for hydroxylation is 1. The molecule has 0 aliphatic rings. The first-order valence-corrected chi connectivity index (χ1v) is 5.94. The molecule has 0 saturated carbocycles. The summed E-state index contributed by atoms with van der Waals surface area (Å²) in [5, 5.41) is 12.6. The molecule has 5 nitrogen and oxygen atoms in total. The van der Waals surface area contributed by atoms with Gasteiger partial charge in [0.1, 0.15) is 5.56 Å². The summed E-state index contributed by atoms with van der Waals surface area (Å²) in [4.78, 5) is 26.2. The fourth-order valence-electron chi connectivity index (χ4n) is 1.31. The maximum atomic E-state index is 11.8. The predicted octanol–water partition coefficient (Wildman–Crippen LogP) is 0.820. The Balaban J connectivity index is 2.75. The molecule has 1 heterocycles. The molecule has 1 aromatic heterocycles. The predicted molar refractivity (Wildman–Crippen MR) is 69.6 cm³/mol. The third-order valence-corrected chi connectivity index (χ3v) is 3.15. The number of aliphatic hydroxyl groups is 1. The Labute approximate surface area is 106 Å². The van der Waals surface area contributed by atoms with E-state index in [9.17, 15) is 14.7 Å². The molecule has 18 heavy (non-hydrogen) atoms. The molecule has 5 heteroatoms. The summed E-state index contributed by atoms with van der Waals surface area (Å²) in [5.74, 6) is -0.466. The molecule has 0 bridgehead atoms. The molecule has 1 aromatic rings. The third-order valence-electron chi connectivity index (χ3n) is 3.15. The van der Waals surface area contributed by atoms with E-state index in [1.807, 2.05) is 13.8 Å². The molecule has 0 fully saturated rings. The molecule has 1 unspecified atom stereocenters. The van der Waals surface area contributed by atoms with Crippen LogP contribution in [0.15, 0.2) is 17.1 Å². The first kappa shape index (κ1) is 14.4. The van der Waals surface area contributed by atoms with E-state index in [0.717, 1.165) is 0 Å². The van der Waals surface area contributed by atoms with Crippen LogP contribution in [0.25, 0.3) is 0 Å². The van der Waals surface area contributed by atoms with Crippen LogP contribution in [0.1, 0.15) is 36.8 Å². The highest BCUT2D eigenvalue weighted by Crippen LogP contribution is 2.14. The summed E-state index contributed by atoms with van der Waals surface area (Å²) in [6.45, 7) is 7.23. The number of aromatic nitrogens is 1. The van der Waals surface area contributed by atoms with Crippen LogP contribution < -0.4 is 10.7 Å². The number of carbonyl (C=O) groups is 1. The van der Waals surface area contributed by atoms with Crippen molar-refractivity contribution in [3.8, 4) is 0 Å². The molecule has 1 amide bonds. The molecule has 1 atom stereocenters. The molecule has 0 spiro atoms. The highest BCUT2D eigenvalue weighted by molar-refractivity contribution is 5.93. The number of hydrogen-bond donors (Lipinski definition) is 3. The lowest BCUT2D eigenvalue weighted by atomic mass is 9.92. The van der Waals surface area contributed by atoms with E-state index in [1.165, 1.54) is 12.3 Å². The quantitative estimate of drug-likeness (QED) is 0.742. The SMILES string of the molecule is Cc1cc(=O)c(C(=O)NCC(C)(O)C(C)C)c[nH]1. The van der Waals surface area contributed by atoms with Crippen molar-refractivity contribution in [1.82, 2.24) is 10.3 Å². The molecule has 0 saturated heterocycles. The van der Waals surface area contributed by atoms with Gasteiger partial charge in [-0.05, 0) is 19.8 Å². The van der Waals surface area contributed by atoms with E-state index in [-0.39, 0.29) is 23.5 Å². The van der Waals surface area contributed by atoms with Crippen molar-refractivity contribution in [3.05, 3.63) is 33.7 Å². The lowest BCUT2D eigenvalue weighted by molar-refractivity contribution is 0.0142. The Hall–Kier alpha value is -1.62. The van der Waals surface area contributed by atoms with Gasteiger partial charge >= 0.3 is 0 Å². The number of nitrogens with one attached hydrogen (secondary N) is 2. The van der Waals surface area contributed by atoms with E-state index < -0.39 is 11.5 Å². The van der Waals surface area contributed by atoms with Crippen LogP contribution in [0, 0.1) is 12.8 Å². The van der Waals surface area contributed by atoms with E-state index in [2.05, 4.69) is 10.3 Å². The Bertz CT molecular complexity index is 489. The first-order chi connectivity index (χ1) is 8.24. The van der Waals surface area contributed by atoms with Crippen molar-refractivity contribution in [1.29, 1.82) is 0 Å². The monoisotopic (exact) mass is 252 g/mol. The largest absolute Gasteiger partial charge is 0.388 e. The average Bonchev–Trinajstić information content (AvgIpc) is 2.25. The lowest BCUT2D eigenvalue weighted by Gasteiger charge is -2.27.